The molecule has 0 aliphatic carbocycles. The predicted octanol–water partition coefficient (Wildman–Crippen LogP) is 1.59. The number of nitrogens with two attached hydrogens (primary N) is 1. The minimum Gasteiger partial charge on any atom is -0.476 e. The summed E-state index contributed by atoms with van der Waals surface area (Å²) in [6.45, 7) is 5.62. The highest BCUT2D eigenvalue weighted by Crippen LogP contribution is 2.22. The fraction of sp³-hybridized carbons (Fsp3) is 0.643. The Labute approximate surface area is 125 Å². The van der Waals surface area contributed by atoms with E-state index in [0.29, 0.717) is 29.1 Å². The van der Waals surface area contributed by atoms with Crippen LogP contribution in [0.1, 0.15) is 36.1 Å². The molecule has 1 aliphatic heterocycles. The van der Waals surface area contributed by atoms with E-state index in [1.54, 1.807) is 0 Å². The van der Waals surface area contributed by atoms with Crippen molar-refractivity contribution < 1.29 is 4.74 Å². The van der Waals surface area contributed by atoms with Crippen molar-refractivity contribution in [2.75, 3.05) is 20.2 Å². The average molecular weight is 294 g/mol. The Balaban J connectivity index is 2.02. The van der Waals surface area contributed by atoms with Crippen LogP contribution in [0.25, 0.3) is 0 Å². The van der Waals surface area contributed by atoms with Crippen LogP contribution in [0.5, 0.6) is 5.88 Å². The molecule has 2 N–H and O–H groups in total. The van der Waals surface area contributed by atoms with Gasteiger partial charge in [0.15, 0.2) is 0 Å². The molecule has 0 aromatic carbocycles. The fourth-order valence-corrected chi connectivity index (χ4v) is 2.85. The number of ether oxygens (including phenoxy) is 1. The summed E-state index contributed by atoms with van der Waals surface area (Å²) in [7, 11) is 2.16. The zero-order valence-corrected chi connectivity index (χ0v) is 13.2. The first-order chi connectivity index (χ1) is 9.50. The van der Waals surface area contributed by atoms with Crippen LogP contribution < -0.4 is 10.5 Å². The number of nitrogens with zero attached hydrogens (tertiary/aromatic N) is 3. The first-order valence-corrected chi connectivity index (χ1v) is 7.38. The summed E-state index contributed by atoms with van der Waals surface area (Å²) in [5.41, 5.74) is 8.26. The van der Waals surface area contributed by atoms with E-state index in [0.717, 1.165) is 17.7 Å². The van der Waals surface area contributed by atoms with E-state index in [1.807, 2.05) is 13.8 Å². The van der Waals surface area contributed by atoms with Crippen LogP contribution in [0.15, 0.2) is 0 Å². The lowest BCUT2D eigenvalue weighted by molar-refractivity contribution is 0.227. The maximum Gasteiger partial charge on any atom is 0.244 e. The average Bonchev–Trinajstić information content (AvgIpc) is 2.79. The van der Waals surface area contributed by atoms with E-state index in [1.165, 1.54) is 19.4 Å². The highest BCUT2D eigenvalue weighted by atomic mass is 32.1. The molecule has 110 valence electrons. The van der Waals surface area contributed by atoms with Gasteiger partial charge in [0.25, 0.3) is 0 Å². The third kappa shape index (κ3) is 3.24. The van der Waals surface area contributed by atoms with Crippen LogP contribution in [0, 0.1) is 13.8 Å². The van der Waals surface area contributed by atoms with Gasteiger partial charge in [-0.1, -0.05) is 12.2 Å². The van der Waals surface area contributed by atoms with E-state index in [4.69, 9.17) is 22.7 Å². The van der Waals surface area contributed by atoms with E-state index in [9.17, 15) is 0 Å². The highest BCUT2D eigenvalue weighted by Gasteiger charge is 2.21. The normalized spacial score (nSPS) is 19.2. The Kier molecular flexibility index (Phi) is 4.88. The van der Waals surface area contributed by atoms with Gasteiger partial charge in [-0.2, -0.15) is 5.10 Å². The second-order valence-corrected chi connectivity index (χ2v) is 5.81. The Bertz CT molecular complexity index is 506. The lowest BCUT2D eigenvalue weighted by Crippen LogP contribution is -2.27. The summed E-state index contributed by atoms with van der Waals surface area (Å²) in [5, 5.41) is 8.18. The maximum absolute atomic E-state index is 5.78. The number of rotatable bonds is 5. The number of thiocarbonyl (C=S) groups is 1. The zero-order chi connectivity index (χ0) is 14.7. The molecule has 20 heavy (non-hydrogen) atoms. The second-order valence-electron chi connectivity index (χ2n) is 5.37. The van der Waals surface area contributed by atoms with Gasteiger partial charge >= 0.3 is 0 Å². The quantitative estimate of drug-likeness (QED) is 0.832. The molecule has 6 heteroatoms. The Hall–Kier alpha value is -1.27. The molecular formula is C14H22N4OS. The second kappa shape index (κ2) is 6.45. The van der Waals surface area contributed by atoms with Gasteiger partial charge in [0, 0.05) is 6.04 Å². The number of aromatic nitrogens is 2. The molecule has 0 spiro atoms. The first-order valence-electron chi connectivity index (χ1n) is 6.97. The molecule has 1 atom stereocenters. The minimum absolute atomic E-state index is 0.313. The third-order valence-electron chi connectivity index (χ3n) is 4.03. The number of aryl methyl sites for hydroxylation is 1. The van der Waals surface area contributed by atoms with Gasteiger partial charge < -0.3 is 15.4 Å². The van der Waals surface area contributed by atoms with Gasteiger partial charge in [-0.15, -0.1) is 5.10 Å². The third-order valence-corrected chi connectivity index (χ3v) is 4.23. The number of hydrogen-bond acceptors (Lipinski definition) is 5. The van der Waals surface area contributed by atoms with Crippen molar-refractivity contribution in [3.63, 3.8) is 0 Å². The molecule has 2 rings (SSSR count). The van der Waals surface area contributed by atoms with Gasteiger partial charge in [0.2, 0.25) is 5.88 Å². The minimum atomic E-state index is 0.313. The van der Waals surface area contributed by atoms with E-state index >= 15 is 0 Å². The largest absolute Gasteiger partial charge is 0.476 e. The molecule has 1 aliphatic rings. The topological polar surface area (TPSA) is 64.3 Å². The van der Waals surface area contributed by atoms with Crippen molar-refractivity contribution in [3.8, 4) is 5.88 Å². The van der Waals surface area contributed by atoms with Gasteiger partial charge in [0.1, 0.15) is 4.99 Å². The Morgan fingerprint density at radius 2 is 2.20 bits per heavy atom. The van der Waals surface area contributed by atoms with Crippen LogP contribution in [-0.4, -0.2) is 46.3 Å². The molecule has 0 saturated carbocycles. The van der Waals surface area contributed by atoms with Gasteiger partial charge in [-0.3, -0.25) is 0 Å². The van der Waals surface area contributed by atoms with Crippen LogP contribution in [0.2, 0.25) is 0 Å². The first kappa shape index (κ1) is 15.1. The smallest absolute Gasteiger partial charge is 0.244 e. The van der Waals surface area contributed by atoms with Crippen LogP contribution in [0.4, 0.5) is 0 Å². The molecule has 1 fully saturated rings. The van der Waals surface area contributed by atoms with E-state index < -0.39 is 0 Å². The summed E-state index contributed by atoms with van der Waals surface area (Å²) in [5.74, 6) is 0.459. The maximum atomic E-state index is 5.78. The lowest BCUT2D eigenvalue weighted by atomic mass is 10.1. The van der Waals surface area contributed by atoms with Crippen molar-refractivity contribution in [1.29, 1.82) is 0 Å². The predicted molar refractivity (Wildman–Crippen MR) is 83.2 cm³/mol. The Morgan fingerprint density at radius 3 is 2.80 bits per heavy atom. The molecular weight excluding hydrogens is 272 g/mol. The zero-order valence-electron chi connectivity index (χ0n) is 12.3. The number of likely N-dealkylation sites (tertiary alicyclic amines) is 1. The highest BCUT2D eigenvalue weighted by molar-refractivity contribution is 7.80. The summed E-state index contributed by atoms with van der Waals surface area (Å²) in [6, 6.07) is 0.600. The fourth-order valence-electron chi connectivity index (χ4n) is 2.61. The molecule has 1 aromatic heterocycles. The van der Waals surface area contributed by atoms with Crippen molar-refractivity contribution in [1.82, 2.24) is 15.1 Å². The van der Waals surface area contributed by atoms with Crippen LogP contribution in [-0.2, 0) is 0 Å². The van der Waals surface area contributed by atoms with Crippen molar-refractivity contribution in [3.05, 3.63) is 16.8 Å². The van der Waals surface area contributed by atoms with Gasteiger partial charge in [0.05, 0.1) is 17.9 Å². The van der Waals surface area contributed by atoms with Crippen molar-refractivity contribution in [2.45, 2.75) is 39.2 Å². The monoisotopic (exact) mass is 294 g/mol. The van der Waals surface area contributed by atoms with E-state index in [-0.39, 0.29) is 0 Å². The Morgan fingerprint density at radius 1 is 1.45 bits per heavy atom. The van der Waals surface area contributed by atoms with Crippen molar-refractivity contribution in [2.24, 2.45) is 5.73 Å². The van der Waals surface area contributed by atoms with Gasteiger partial charge in [-0.05, 0) is 52.3 Å². The van der Waals surface area contributed by atoms with Crippen molar-refractivity contribution >= 4 is 17.2 Å². The standard InChI is InChI=1S/C14H22N4OS/c1-9-10(2)16-17-14(12(9)13(15)20)19-8-6-11-5-4-7-18(11)3/h11H,4-8H2,1-3H3,(H2,15,20). The molecule has 2 heterocycles. The summed E-state index contributed by atoms with van der Waals surface area (Å²) >= 11 is 5.09. The summed E-state index contributed by atoms with van der Waals surface area (Å²) in [4.78, 5) is 2.69. The molecule has 0 bridgehead atoms. The lowest BCUT2D eigenvalue weighted by Gasteiger charge is -2.19. The summed E-state index contributed by atoms with van der Waals surface area (Å²) in [6.07, 6.45) is 3.49. The molecule has 5 nitrogen and oxygen atoms in total. The molecule has 1 aromatic rings. The van der Waals surface area contributed by atoms with E-state index in [2.05, 4.69) is 22.1 Å². The summed E-state index contributed by atoms with van der Waals surface area (Å²) < 4.78 is 5.78. The molecule has 1 unspecified atom stereocenters. The molecule has 0 amide bonds. The van der Waals surface area contributed by atoms with Crippen LogP contribution >= 0.6 is 12.2 Å². The number of hydrogen-bond donors (Lipinski definition) is 1. The SMILES string of the molecule is Cc1nnc(OCCC2CCCN2C)c(C(N)=S)c1C. The van der Waals surface area contributed by atoms with Gasteiger partial charge in [-0.25, -0.2) is 0 Å². The molecule has 1 saturated heterocycles. The molecule has 0 radical (unpaired) electrons. The van der Waals surface area contributed by atoms with Crippen LogP contribution in [0.3, 0.4) is 0 Å².